The molecule has 0 aliphatic heterocycles. The second-order valence-electron chi connectivity index (χ2n) is 5.65. The van der Waals surface area contributed by atoms with Crippen LogP contribution in [0.1, 0.15) is 12.5 Å². The number of hydrogen-bond donors (Lipinski definition) is 2. The number of amides is 1. The first kappa shape index (κ1) is 19.2. The van der Waals surface area contributed by atoms with E-state index >= 15 is 0 Å². The number of carbonyl (C=O) groups is 1. The number of rotatable bonds is 8. The van der Waals surface area contributed by atoms with Gasteiger partial charge in [-0.05, 0) is 25.1 Å². The van der Waals surface area contributed by atoms with E-state index in [0.29, 0.717) is 11.7 Å². The van der Waals surface area contributed by atoms with Gasteiger partial charge >= 0.3 is 0 Å². The van der Waals surface area contributed by atoms with E-state index in [1.165, 1.54) is 23.1 Å². The highest BCUT2D eigenvalue weighted by Gasteiger charge is 2.17. The highest BCUT2D eigenvalue weighted by Crippen LogP contribution is 2.30. The van der Waals surface area contributed by atoms with E-state index in [9.17, 15) is 4.79 Å². The number of methoxy groups -OCH3 is 1. The van der Waals surface area contributed by atoms with Crippen molar-refractivity contribution in [1.29, 1.82) is 0 Å². The number of ether oxygens (including phenoxy) is 1. The molecule has 0 bridgehead atoms. The molecule has 6 nitrogen and oxygen atoms in total. The predicted octanol–water partition coefficient (Wildman–Crippen LogP) is 4.09. The van der Waals surface area contributed by atoms with Gasteiger partial charge in [-0.1, -0.05) is 59.5 Å². The highest BCUT2D eigenvalue weighted by atomic mass is 32.2. The van der Waals surface area contributed by atoms with Crippen molar-refractivity contribution in [2.24, 2.45) is 0 Å². The van der Waals surface area contributed by atoms with Crippen LogP contribution in [0.25, 0.3) is 0 Å². The smallest absolute Gasteiger partial charge is 0.233 e. The quantitative estimate of drug-likeness (QED) is 0.555. The van der Waals surface area contributed by atoms with Crippen molar-refractivity contribution in [3.05, 3.63) is 60.2 Å². The van der Waals surface area contributed by atoms with Crippen molar-refractivity contribution in [1.82, 2.24) is 15.5 Å². The summed E-state index contributed by atoms with van der Waals surface area (Å²) >= 11 is 2.81. The zero-order valence-corrected chi connectivity index (χ0v) is 16.6. The van der Waals surface area contributed by atoms with Gasteiger partial charge in [0, 0.05) is 17.8 Å². The maximum Gasteiger partial charge on any atom is 0.233 e. The van der Waals surface area contributed by atoms with Gasteiger partial charge in [-0.3, -0.25) is 4.79 Å². The monoisotopic (exact) mass is 400 g/mol. The van der Waals surface area contributed by atoms with Gasteiger partial charge in [0.1, 0.15) is 5.75 Å². The third-order valence-electron chi connectivity index (χ3n) is 3.72. The molecule has 8 heteroatoms. The lowest BCUT2D eigenvalue weighted by molar-refractivity contribution is -0.120. The molecule has 1 amide bonds. The molecular formula is C19H20N4O2S2. The summed E-state index contributed by atoms with van der Waals surface area (Å²) in [6, 6.07) is 17.4. The van der Waals surface area contributed by atoms with Gasteiger partial charge < -0.3 is 15.4 Å². The van der Waals surface area contributed by atoms with Crippen molar-refractivity contribution in [2.75, 3.05) is 12.4 Å². The van der Waals surface area contributed by atoms with Crippen LogP contribution in [0.4, 0.5) is 10.8 Å². The molecule has 2 aromatic carbocycles. The van der Waals surface area contributed by atoms with Crippen LogP contribution in [0.3, 0.4) is 0 Å². The number of aromatic nitrogens is 2. The Morgan fingerprint density at radius 1 is 1.15 bits per heavy atom. The number of para-hydroxylation sites is 2. The van der Waals surface area contributed by atoms with Gasteiger partial charge in [-0.25, -0.2) is 0 Å². The Bertz CT molecular complexity index is 886. The first-order chi connectivity index (χ1) is 13.2. The van der Waals surface area contributed by atoms with Crippen LogP contribution in [0.2, 0.25) is 0 Å². The van der Waals surface area contributed by atoms with E-state index < -0.39 is 0 Å². The third-order valence-corrected chi connectivity index (χ3v) is 5.75. The van der Waals surface area contributed by atoms with E-state index in [1.807, 2.05) is 61.5 Å². The van der Waals surface area contributed by atoms with Crippen LogP contribution in [0.15, 0.2) is 58.9 Å². The largest absolute Gasteiger partial charge is 0.496 e. The molecule has 3 rings (SSSR count). The molecule has 1 atom stereocenters. The zero-order valence-electron chi connectivity index (χ0n) is 15.0. The number of anilines is 2. The van der Waals surface area contributed by atoms with Crippen LogP contribution in [-0.4, -0.2) is 28.5 Å². The highest BCUT2D eigenvalue weighted by molar-refractivity contribution is 8.02. The van der Waals surface area contributed by atoms with E-state index in [-0.39, 0.29) is 11.2 Å². The molecule has 0 unspecified atom stereocenters. The zero-order chi connectivity index (χ0) is 19.1. The van der Waals surface area contributed by atoms with E-state index in [2.05, 4.69) is 20.8 Å². The Labute approximate surface area is 166 Å². The molecule has 0 saturated heterocycles. The Morgan fingerprint density at radius 2 is 1.89 bits per heavy atom. The molecule has 1 aromatic heterocycles. The summed E-state index contributed by atoms with van der Waals surface area (Å²) in [5.74, 6) is 0.706. The van der Waals surface area contributed by atoms with Gasteiger partial charge in [0.25, 0.3) is 0 Å². The van der Waals surface area contributed by atoms with Crippen molar-refractivity contribution in [3.8, 4) is 5.75 Å². The predicted molar refractivity (Wildman–Crippen MR) is 110 cm³/mol. The molecule has 0 radical (unpaired) electrons. The minimum Gasteiger partial charge on any atom is -0.496 e. The summed E-state index contributed by atoms with van der Waals surface area (Å²) < 4.78 is 6.05. The van der Waals surface area contributed by atoms with Crippen molar-refractivity contribution in [3.63, 3.8) is 0 Å². The number of carbonyl (C=O) groups excluding carboxylic acids is 1. The topological polar surface area (TPSA) is 76.1 Å². The minimum atomic E-state index is -0.280. The normalized spacial score (nSPS) is 11.6. The first-order valence-corrected chi connectivity index (χ1v) is 10.1. The van der Waals surface area contributed by atoms with Crippen molar-refractivity contribution < 1.29 is 9.53 Å². The molecule has 0 saturated carbocycles. The van der Waals surface area contributed by atoms with Gasteiger partial charge in [0.2, 0.25) is 11.0 Å². The van der Waals surface area contributed by atoms with Gasteiger partial charge in [0.15, 0.2) is 4.34 Å². The Morgan fingerprint density at radius 3 is 2.67 bits per heavy atom. The molecule has 3 aromatic rings. The fraction of sp³-hybridized carbons (Fsp3) is 0.211. The Hall–Kier alpha value is -2.58. The van der Waals surface area contributed by atoms with E-state index in [1.54, 1.807) is 7.11 Å². The molecule has 0 aliphatic carbocycles. The minimum absolute atomic E-state index is 0.0568. The Balaban J connectivity index is 1.52. The summed E-state index contributed by atoms with van der Waals surface area (Å²) in [7, 11) is 1.62. The Kier molecular flexibility index (Phi) is 6.67. The first-order valence-electron chi connectivity index (χ1n) is 8.37. The maximum absolute atomic E-state index is 12.4. The molecule has 0 fully saturated rings. The molecule has 140 valence electrons. The van der Waals surface area contributed by atoms with Crippen LogP contribution in [0.5, 0.6) is 5.75 Å². The second-order valence-corrected chi connectivity index (χ2v) is 8.22. The number of thioether (sulfide) groups is 1. The third kappa shape index (κ3) is 5.45. The lowest BCUT2D eigenvalue weighted by atomic mass is 10.2. The molecule has 1 heterocycles. The molecule has 2 N–H and O–H groups in total. The number of hydrogen-bond acceptors (Lipinski definition) is 7. The fourth-order valence-electron chi connectivity index (χ4n) is 2.33. The standard InChI is InChI=1S/C19H20N4O2S2/c1-13(17(24)20-12-14-8-6-7-11-16(14)25-2)26-19-23-22-18(27-19)21-15-9-4-3-5-10-15/h3-11,13H,12H2,1-2H3,(H,20,24)(H,21,22)/t13-/m0/s1. The van der Waals surface area contributed by atoms with Crippen molar-refractivity contribution >= 4 is 39.8 Å². The summed E-state index contributed by atoms with van der Waals surface area (Å²) in [4.78, 5) is 12.4. The fourth-order valence-corrected chi connectivity index (χ4v) is 4.27. The molecule has 0 aliphatic rings. The average molecular weight is 401 g/mol. The van der Waals surface area contributed by atoms with Gasteiger partial charge in [0.05, 0.1) is 12.4 Å². The van der Waals surface area contributed by atoms with Gasteiger partial charge in [-0.15, -0.1) is 10.2 Å². The maximum atomic E-state index is 12.4. The molecule has 0 spiro atoms. The number of nitrogens with zero attached hydrogens (tertiary/aromatic N) is 2. The van der Waals surface area contributed by atoms with Crippen molar-refractivity contribution in [2.45, 2.75) is 23.1 Å². The SMILES string of the molecule is COc1ccccc1CNC(=O)[C@H](C)Sc1nnc(Nc2ccccc2)s1. The van der Waals surface area contributed by atoms with Gasteiger partial charge in [-0.2, -0.15) is 0 Å². The second kappa shape index (κ2) is 9.38. The van der Waals surface area contributed by atoms with Crippen LogP contribution in [-0.2, 0) is 11.3 Å². The summed E-state index contributed by atoms with van der Waals surface area (Å²) in [5, 5.41) is 14.8. The van der Waals surface area contributed by atoms with Crippen LogP contribution >= 0.6 is 23.1 Å². The van der Waals surface area contributed by atoms with E-state index in [4.69, 9.17) is 4.74 Å². The van der Waals surface area contributed by atoms with E-state index in [0.717, 1.165) is 21.3 Å². The molecular weight excluding hydrogens is 380 g/mol. The summed E-state index contributed by atoms with van der Waals surface area (Å²) in [5.41, 5.74) is 1.89. The summed E-state index contributed by atoms with van der Waals surface area (Å²) in [6.07, 6.45) is 0. The van der Waals surface area contributed by atoms with Crippen LogP contribution in [0, 0.1) is 0 Å². The number of benzene rings is 2. The molecule has 27 heavy (non-hydrogen) atoms. The lowest BCUT2D eigenvalue weighted by Gasteiger charge is -2.12. The number of nitrogens with one attached hydrogen (secondary N) is 2. The van der Waals surface area contributed by atoms with Crippen LogP contribution < -0.4 is 15.4 Å². The average Bonchev–Trinajstić information content (AvgIpc) is 3.13. The summed E-state index contributed by atoms with van der Waals surface area (Å²) in [6.45, 7) is 2.28. The lowest BCUT2D eigenvalue weighted by Crippen LogP contribution is -2.30.